The van der Waals surface area contributed by atoms with Crippen LogP contribution in [0.15, 0.2) is 71.0 Å². The summed E-state index contributed by atoms with van der Waals surface area (Å²) in [5.41, 5.74) is -8.64. The van der Waals surface area contributed by atoms with Gasteiger partial charge in [-0.25, -0.2) is 14.5 Å². The molecule has 7 unspecified atom stereocenters. The number of oxime groups is 2. The first-order chi connectivity index (χ1) is 42.7. The van der Waals surface area contributed by atoms with Crippen LogP contribution < -0.4 is 0 Å². The smallest absolute Gasteiger partial charge is 0.462 e. The lowest BCUT2D eigenvalue weighted by molar-refractivity contribution is -0.435. The van der Waals surface area contributed by atoms with Gasteiger partial charge < -0.3 is 35.1 Å². The van der Waals surface area contributed by atoms with Gasteiger partial charge in [0.05, 0.1) is 37.6 Å². The van der Waals surface area contributed by atoms with E-state index in [1.165, 1.54) is 61.7 Å². The number of nitrogens with zero attached hydrogens (tertiary/aromatic N) is 2. The summed E-state index contributed by atoms with van der Waals surface area (Å²) in [6, 6.07) is 12.5. The molecule has 0 amide bonds. The zero-order valence-electron chi connectivity index (χ0n) is 49.4. The van der Waals surface area contributed by atoms with Gasteiger partial charge in [-0.05, 0) is 156 Å². The van der Waals surface area contributed by atoms with E-state index in [-0.39, 0.29) is 67.8 Å². The van der Waals surface area contributed by atoms with Crippen molar-refractivity contribution in [3.8, 4) is 0 Å². The highest BCUT2D eigenvalue weighted by atomic mass is 32.3. The highest BCUT2D eigenvalue weighted by Crippen LogP contribution is 2.66. The molecule has 0 aliphatic heterocycles. The van der Waals surface area contributed by atoms with E-state index in [9.17, 15) is 108 Å². The summed E-state index contributed by atoms with van der Waals surface area (Å²) < 4.78 is 255. The van der Waals surface area contributed by atoms with Crippen LogP contribution in [0.25, 0.3) is 0 Å². The Bertz CT molecular complexity index is 3220. The third kappa shape index (κ3) is 19.1. The fourth-order valence-corrected chi connectivity index (χ4v) is 18.9. The van der Waals surface area contributed by atoms with E-state index in [4.69, 9.17) is 13.6 Å². The van der Waals surface area contributed by atoms with E-state index in [0.717, 1.165) is 51.3 Å². The Hall–Kier alpha value is -5.18. The maximum absolute atomic E-state index is 14.4. The van der Waals surface area contributed by atoms with Crippen LogP contribution >= 0.6 is 0 Å². The van der Waals surface area contributed by atoms with E-state index in [1.54, 1.807) is 6.07 Å². The first-order valence-electron chi connectivity index (χ1n) is 28.6. The molecule has 0 heterocycles. The SMILES string of the molecule is C.COC(=O)C(F)(F)F.COOC(F)(F)C(C12CC3CC(CC(O)(C3)C1)C2)S(=O)(=O)F.O/N=C(/c1ccccc1)C(F)(F)F.O=C(OCC12CC3CC(CC(O)(C3)C1)C2)C(F)(F)S(=O)(=O)O/N=C(/c1ccccc1)C(F)(F)F.O=S=O.OCC12CC3CC(CC(O)(C3)C1)C2. The molecule has 534 valence electrons. The standard InChI is InChI=1S/C21H22F5NO6S.C13H19F3O5S.C11H18O2.C8H6F3NO.C3H3F3O2.CH4.O2S/c22-20(23,24)16(15-4-2-1-3-5-15)27-33-34(30,31)21(25,26)17(28)32-12-18-7-13-6-14(8-18)10-19(29,9-13)11-18;1-20-21-13(14,15)10(22(16,18)19)11-3-8-2-9(4-11)6-12(17,5-8)7-11;12-7-10-2-8-1-9(3-10)5-11(13,4-8)6-10;9-8(10,11)7(12-13)6-4-2-1-3-5-6;1-8-2(7)3(4,5)6;;1-3-2/h1-5,13-14,29H,6-12H2;8-10,17H,2-7H2,1H3;8-9,12-13H,1-7H2;1-5,13H;1H3;1H4;/b27-16-;;;12-7-;;;. The van der Waals surface area contributed by atoms with Crippen LogP contribution in [0, 0.1) is 51.8 Å². The van der Waals surface area contributed by atoms with Crippen molar-refractivity contribution in [1.82, 2.24) is 0 Å². The molecule has 2 aromatic rings. The van der Waals surface area contributed by atoms with Gasteiger partial charge in [0.2, 0.25) is 0 Å². The fraction of sp³-hybridized carbons (Fsp3) is 0.719. The summed E-state index contributed by atoms with van der Waals surface area (Å²) in [6.45, 7) is -0.240. The molecule has 12 fully saturated rings. The molecule has 0 spiro atoms. The van der Waals surface area contributed by atoms with E-state index in [1.807, 2.05) is 0 Å². The predicted molar refractivity (Wildman–Crippen MR) is 300 cm³/mol. The summed E-state index contributed by atoms with van der Waals surface area (Å²) >= 11 is -0.750. The average molecular weight is 1440 g/mol. The van der Waals surface area contributed by atoms with Gasteiger partial charge in [-0.15, -0.1) is 3.89 Å². The lowest BCUT2D eigenvalue weighted by Crippen LogP contribution is -2.64. The Balaban J connectivity index is 0.000000229. The molecule has 7 atom stereocenters. The normalized spacial score (nSPS) is 32.3. The first-order valence-corrected chi connectivity index (χ1v) is 32.2. The highest BCUT2D eigenvalue weighted by Gasteiger charge is 2.70. The highest BCUT2D eigenvalue weighted by molar-refractivity contribution is 7.88. The molecule has 94 heavy (non-hydrogen) atoms. The molecule has 0 aromatic heterocycles. The number of hydrogen-bond acceptors (Lipinski definition) is 20. The van der Waals surface area contributed by atoms with Crippen LogP contribution in [0.3, 0.4) is 0 Å². The third-order valence-corrected chi connectivity index (χ3v) is 20.9. The minimum absolute atomic E-state index is 0. The van der Waals surface area contributed by atoms with Gasteiger partial charge in [-0.3, -0.25) is 4.28 Å². The molecule has 2 aromatic carbocycles. The summed E-state index contributed by atoms with van der Waals surface area (Å²) in [6.07, 6.45) is -7.28. The Labute approximate surface area is 534 Å². The van der Waals surface area contributed by atoms with Gasteiger partial charge >= 0.3 is 73.7 Å². The second-order valence-corrected chi connectivity index (χ2v) is 29.2. The van der Waals surface area contributed by atoms with Gasteiger partial charge in [0.1, 0.15) is 0 Å². The van der Waals surface area contributed by atoms with Crippen LogP contribution in [-0.2, 0) is 65.0 Å². The minimum atomic E-state index is -6.26. The molecule has 0 saturated heterocycles. The molecular weight excluding hydrogens is 1360 g/mol. The number of ether oxygens (including phenoxy) is 2. The van der Waals surface area contributed by atoms with Gasteiger partial charge in [-0.1, -0.05) is 78.4 Å². The van der Waals surface area contributed by atoms with Gasteiger partial charge in [-0.2, -0.15) is 87.2 Å². The second kappa shape index (κ2) is 29.5. The molecule has 37 heteroatoms. The van der Waals surface area contributed by atoms with Crippen molar-refractivity contribution in [2.24, 2.45) is 62.1 Å². The Morgan fingerprint density at radius 3 is 1.28 bits per heavy atom. The summed E-state index contributed by atoms with van der Waals surface area (Å²) in [7, 11) is -10.4. The van der Waals surface area contributed by atoms with Crippen molar-refractivity contribution in [2.45, 2.75) is 175 Å². The van der Waals surface area contributed by atoms with E-state index < -0.39 is 130 Å². The number of aliphatic hydroxyl groups excluding tert-OH is 1. The topological polar surface area (TPSA) is 309 Å². The number of aliphatic hydroxyl groups is 4. The zero-order valence-corrected chi connectivity index (χ0v) is 51.9. The molecule has 5 N–H and O–H groups in total. The predicted octanol–water partition coefficient (Wildman–Crippen LogP) is 10.3. The van der Waals surface area contributed by atoms with E-state index in [2.05, 4.69) is 33.8 Å². The molecule has 12 aliphatic carbocycles. The van der Waals surface area contributed by atoms with Crippen molar-refractivity contribution in [3.63, 3.8) is 0 Å². The monoisotopic (exact) mass is 1430 g/mol. The quantitative estimate of drug-likeness (QED) is 0.0223. The number of hydrogen-bond donors (Lipinski definition) is 5. The Kier molecular flexibility index (Phi) is 24.9. The van der Waals surface area contributed by atoms with Crippen molar-refractivity contribution in [3.05, 3.63) is 71.8 Å². The van der Waals surface area contributed by atoms with Crippen LogP contribution in [0.4, 0.5) is 61.0 Å². The number of esters is 2. The number of carbonyl (C=O) groups excluding carboxylic acids is 2. The summed E-state index contributed by atoms with van der Waals surface area (Å²) in [4.78, 5) is 29.3. The lowest BCUT2D eigenvalue weighted by atomic mass is 9.47. The second-order valence-electron chi connectivity index (χ2n) is 26.0. The van der Waals surface area contributed by atoms with Crippen LogP contribution in [0.2, 0.25) is 0 Å². The molecule has 0 radical (unpaired) electrons. The van der Waals surface area contributed by atoms with Crippen LogP contribution in [-0.4, -0.2) is 154 Å². The zero-order chi connectivity index (χ0) is 69.9. The molecule has 12 saturated carbocycles. The largest absolute Gasteiger partial charge is 0.490 e. The van der Waals surface area contributed by atoms with Gasteiger partial charge in [0.15, 0.2) is 16.7 Å². The molecule has 14 rings (SSSR count). The van der Waals surface area contributed by atoms with Crippen molar-refractivity contribution >= 4 is 55.3 Å². The number of halogens is 14. The number of methoxy groups -OCH3 is 1. The van der Waals surface area contributed by atoms with Gasteiger partial charge in [0.25, 0.3) is 0 Å². The third-order valence-electron chi connectivity index (χ3n) is 18.5. The Morgan fingerprint density at radius 2 is 0.957 bits per heavy atom. The minimum Gasteiger partial charge on any atom is -0.462 e. The molecular formula is C57H72F14N2O18S3. The van der Waals surface area contributed by atoms with Crippen molar-refractivity contribution in [2.75, 3.05) is 27.4 Å². The number of rotatable bonds is 14. The number of benzene rings is 2. The van der Waals surface area contributed by atoms with Crippen molar-refractivity contribution in [1.29, 1.82) is 0 Å². The van der Waals surface area contributed by atoms with E-state index >= 15 is 0 Å². The molecule has 12 bridgehead atoms. The summed E-state index contributed by atoms with van der Waals surface area (Å²) in [5.74, 6) is -3.04. The number of alkyl halides is 13. The molecule has 20 nitrogen and oxygen atoms in total. The maximum Gasteiger partial charge on any atom is 0.490 e. The molecule has 12 aliphatic rings. The van der Waals surface area contributed by atoms with E-state index in [0.29, 0.717) is 64.1 Å². The van der Waals surface area contributed by atoms with Crippen molar-refractivity contribution < 1.29 is 145 Å². The lowest BCUT2D eigenvalue weighted by Gasteiger charge is -2.61. The van der Waals surface area contributed by atoms with Crippen LogP contribution in [0.5, 0.6) is 0 Å². The Morgan fingerprint density at radius 1 is 0.585 bits per heavy atom. The first kappa shape index (κ1) is 79.5. The fourth-order valence-electron chi connectivity index (χ4n) is 17.1. The number of carbonyl (C=O) groups is 2. The summed E-state index contributed by atoms with van der Waals surface area (Å²) in [5, 5.41) is 45.8. The van der Waals surface area contributed by atoms with Gasteiger partial charge in [0, 0.05) is 28.6 Å². The maximum atomic E-state index is 14.4. The van der Waals surface area contributed by atoms with Crippen LogP contribution in [0.1, 0.15) is 134 Å². The average Bonchev–Trinajstić information content (AvgIpc) is 0.714.